The van der Waals surface area contributed by atoms with E-state index in [0.29, 0.717) is 12.3 Å². The second-order valence-corrected chi connectivity index (χ2v) is 6.07. The van der Waals surface area contributed by atoms with Crippen molar-refractivity contribution in [3.05, 3.63) is 54.0 Å². The Hall–Kier alpha value is -2.27. The molecular formula is C19H24N2O3. The smallest absolute Gasteiger partial charge is 0.287 e. The summed E-state index contributed by atoms with van der Waals surface area (Å²) in [5, 5.41) is 3.00. The molecule has 0 saturated carbocycles. The molecule has 0 bridgehead atoms. The van der Waals surface area contributed by atoms with Crippen LogP contribution in [0.4, 0.5) is 0 Å². The van der Waals surface area contributed by atoms with Crippen molar-refractivity contribution in [2.24, 2.45) is 0 Å². The summed E-state index contributed by atoms with van der Waals surface area (Å²) in [5.74, 6) is 1.02. The van der Waals surface area contributed by atoms with E-state index in [9.17, 15) is 4.79 Å². The molecule has 0 aliphatic carbocycles. The zero-order valence-corrected chi connectivity index (χ0v) is 14.0. The Morgan fingerprint density at radius 1 is 1.21 bits per heavy atom. The van der Waals surface area contributed by atoms with Gasteiger partial charge in [-0.15, -0.1) is 0 Å². The monoisotopic (exact) mass is 328 g/mol. The molecule has 1 aromatic heterocycles. The first-order valence-corrected chi connectivity index (χ1v) is 8.47. The molecule has 0 unspecified atom stereocenters. The number of nitrogens with zero attached hydrogens (tertiary/aromatic N) is 1. The fourth-order valence-electron chi connectivity index (χ4n) is 3.20. The Labute approximate surface area is 142 Å². The summed E-state index contributed by atoms with van der Waals surface area (Å²) in [5.41, 5.74) is 1.19. The third-order valence-corrected chi connectivity index (χ3v) is 4.53. The van der Waals surface area contributed by atoms with E-state index in [0.717, 1.165) is 18.8 Å². The van der Waals surface area contributed by atoms with Crippen molar-refractivity contribution in [2.45, 2.75) is 25.3 Å². The standard InChI is InChI=1S/C19H24N2O3/c1-23-16-9-7-15(8-10-16)17(21-11-3-2-4-12-21)14-20-19(22)18-6-5-13-24-18/h5-10,13,17H,2-4,11-12,14H2,1H3,(H,20,22)/t17-/m0/s1. The first-order valence-electron chi connectivity index (χ1n) is 8.47. The Kier molecular flexibility index (Phi) is 5.54. The van der Waals surface area contributed by atoms with Crippen LogP contribution >= 0.6 is 0 Å². The van der Waals surface area contributed by atoms with Crippen LogP contribution in [0, 0.1) is 0 Å². The number of benzene rings is 1. The number of hydrogen-bond acceptors (Lipinski definition) is 4. The zero-order valence-electron chi connectivity index (χ0n) is 14.0. The largest absolute Gasteiger partial charge is 0.497 e. The van der Waals surface area contributed by atoms with Gasteiger partial charge in [-0.05, 0) is 55.8 Å². The van der Waals surface area contributed by atoms with Gasteiger partial charge in [-0.25, -0.2) is 0 Å². The van der Waals surface area contributed by atoms with Gasteiger partial charge in [0.05, 0.1) is 19.4 Å². The molecule has 1 N–H and O–H groups in total. The molecule has 1 aliphatic rings. The maximum Gasteiger partial charge on any atom is 0.287 e. The van der Waals surface area contributed by atoms with Crippen molar-refractivity contribution in [1.82, 2.24) is 10.2 Å². The molecular weight excluding hydrogens is 304 g/mol. The second kappa shape index (κ2) is 8.02. The molecule has 2 heterocycles. The summed E-state index contributed by atoms with van der Waals surface area (Å²) < 4.78 is 10.4. The molecule has 1 aliphatic heterocycles. The third kappa shape index (κ3) is 3.97. The van der Waals surface area contributed by atoms with Crippen molar-refractivity contribution >= 4 is 5.91 Å². The normalized spacial score (nSPS) is 16.5. The number of piperidine rings is 1. The lowest BCUT2D eigenvalue weighted by Gasteiger charge is -2.35. The third-order valence-electron chi connectivity index (χ3n) is 4.53. The highest BCUT2D eigenvalue weighted by atomic mass is 16.5. The van der Waals surface area contributed by atoms with E-state index in [1.807, 2.05) is 12.1 Å². The first-order chi connectivity index (χ1) is 11.8. The number of amides is 1. The van der Waals surface area contributed by atoms with Crippen LogP contribution in [0.5, 0.6) is 5.75 Å². The Morgan fingerprint density at radius 2 is 1.96 bits per heavy atom. The van der Waals surface area contributed by atoms with Gasteiger partial charge in [0.25, 0.3) is 5.91 Å². The van der Waals surface area contributed by atoms with Crippen molar-refractivity contribution in [3.8, 4) is 5.75 Å². The molecule has 1 atom stereocenters. The molecule has 1 aromatic carbocycles. The minimum atomic E-state index is -0.171. The summed E-state index contributed by atoms with van der Waals surface area (Å²) >= 11 is 0. The highest BCUT2D eigenvalue weighted by molar-refractivity contribution is 5.91. The SMILES string of the molecule is COc1ccc([C@H](CNC(=O)c2ccco2)N2CCCCC2)cc1. The second-order valence-electron chi connectivity index (χ2n) is 6.07. The van der Waals surface area contributed by atoms with Crippen molar-refractivity contribution < 1.29 is 13.9 Å². The lowest BCUT2D eigenvalue weighted by atomic mass is 10.0. The summed E-state index contributed by atoms with van der Waals surface area (Å²) in [7, 11) is 1.67. The lowest BCUT2D eigenvalue weighted by molar-refractivity contribution is 0.0897. The Morgan fingerprint density at radius 3 is 2.58 bits per heavy atom. The van der Waals surface area contributed by atoms with Gasteiger partial charge in [0.1, 0.15) is 5.75 Å². The molecule has 3 rings (SSSR count). The van der Waals surface area contributed by atoms with E-state index < -0.39 is 0 Å². The molecule has 0 radical (unpaired) electrons. The zero-order chi connectivity index (χ0) is 16.8. The van der Waals surface area contributed by atoms with E-state index in [4.69, 9.17) is 9.15 Å². The number of ether oxygens (including phenoxy) is 1. The highest BCUT2D eigenvalue weighted by Gasteiger charge is 2.23. The fourth-order valence-corrected chi connectivity index (χ4v) is 3.20. The van der Waals surface area contributed by atoms with Crippen LogP contribution in [0.1, 0.15) is 41.4 Å². The maximum atomic E-state index is 12.2. The maximum absolute atomic E-state index is 12.2. The highest BCUT2D eigenvalue weighted by Crippen LogP contribution is 2.26. The van der Waals surface area contributed by atoms with Crippen LogP contribution < -0.4 is 10.1 Å². The van der Waals surface area contributed by atoms with Crippen LogP contribution in [-0.2, 0) is 0 Å². The number of nitrogens with one attached hydrogen (secondary N) is 1. The molecule has 2 aromatic rings. The predicted molar refractivity (Wildman–Crippen MR) is 92.2 cm³/mol. The molecule has 24 heavy (non-hydrogen) atoms. The minimum Gasteiger partial charge on any atom is -0.497 e. The Balaban J connectivity index is 1.72. The topological polar surface area (TPSA) is 54.7 Å². The van der Waals surface area contributed by atoms with Gasteiger partial charge in [-0.3, -0.25) is 9.69 Å². The predicted octanol–water partition coefficient (Wildman–Crippen LogP) is 3.25. The quantitative estimate of drug-likeness (QED) is 0.884. The summed E-state index contributed by atoms with van der Waals surface area (Å²) in [6.07, 6.45) is 5.21. The van der Waals surface area contributed by atoms with Crippen LogP contribution in [-0.4, -0.2) is 37.6 Å². The number of methoxy groups -OCH3 is 1. The van der Waals surface area contributed by atoms with Gasteiger partial charge in [-0.2, -0.15) is 0 Å². The summed E-state index contributed by atoms with van der Waals surface area (Å²) in [4.78, 5) is 14.6. The van der Waals surface area contributed by atoms with E-state index in [2.05, 4.69) is 22.3 Å². The fraction of sp³-hybridized carbons (Fsp3) is 0.421. The van der Waals surface area contributed by atoms with Crippen LogP contribution in [0.3, 0.4) is 0 Å². The van der Waals surface area contributed by atoms with Crippen molar-refractivity contribution in [3.63, 3.8) is 0 Å². The van der Waals surface area contributed by atoms with Crippen LogP contribution in [0.25, 0.3) is 0 Å². The van der Waals surface area contributed by atoms with Crippen molar-refractivity contribution in [2.75, 3.05) is 26.7 Å². The van der Waals surface area contributed by atoms with Gasteiger partial charge in [0, 0.05) is 6.54 Å². The molecule has 5 heteroatoms. The van der Waals surface area contributed by atoms with Crippen LogP contribution in [0.2, 0.25) is 0 Å². The van der Waals surface area contributed by atoms with Gasteiger partial charge in [0.15, 0.2) is 5.76 Å². The van der Waals surface area contributed by atoms with E-state index in [1.54, 1.807) is 19.2 Å². The number of rotatable bonds is 6. The average Bonchev–Trinajstić information content (AvgIpc) is 3.18. The molecule has 0 spiro atoms. The lowest BCUT2D eigenvalue weighted by Crippen LogP contribution is -2.40. The van der Waals surface area contributed by atoms with Crippen LogP contribution in [0.15, 0.2) is 47.1 Å². The van der Waals surface area contributed by atoms with Gasteiger partial charge >= 0.3 is 0 Å². The minimum absolute atomic E-state index is 0.162. The average molecular weight is 328 g/mol. The molecule has 1 fully saturated rings. The van der Waals surface area contributed by atoms with Gasteiger partial charge in [-0.1, -0.05) is 18.6 Å². The summed E-state index contributed by atoms with van der Waals surface area (Å²) in [6.45, 7) is 2.69. The molecule has 5 nitrogen and oxygen atoms in total. The molecule has 1 saturated heterocycles. The van der Waals surface area contributed by atoms with E-state index in [1.165, 1.54) is 31.1 Å². The number of hydrogen-bond donors (Lipinski definition) is 1. The van der Waals surface area contributed by atoms with Gasteiger partial charge < -0.3 is 14.5 Å². The van der Waals surface area contributed by atoms with Crippen molar-refractivity contribution in [1.29, 1.82) is 0 Å². The van der Waals surface area contributed by atoms with Gasteiger partial charge in [0.2, 0.25) is 0 Å². The first kappa shape index (κ1) is 16.6. The van der Waals surface area contributed by atoms with E-state index >= 15 is 0 Å². The van der Waals surface area contributed by atoms with E-state index in [-0.39, 0.29) is 11.9 Å². The number of likely N-dealkylation sites (tertiary alicyclic amines) is 1. The molecule has 128 valence electrons. The Bertz CT molecular complexity index is 631. The summed E-state index contributed by atoms with van der Waals surface area (Å²) in [6, 6.07) is 11.7. The number of furan rings is 1. The number of carbonyl (C=O) groups is 1. The molecule has 1 amide bonds. The number of carbonyl (C=O) groups excluding carboxylic acids is 1.